The predicted molar refractivity (Wildman–Crippen MR) is 110 cm³/mol. The first-order chi connectivity index (χ1) is 13.1. The summed E-state index contributed by atoms with van der Waals surface area (Å²) in [6.45, 7) is 1.81. The molecule has 0 radical (unpaired) electrons. The van der Waals surface area contributed by atoms with Gasteiger partial charge in [0.1, 0.15) is 0 Å². The van der Waals surface area contributed by atoms with Gasteiger partial charge in [0.15, 0.2) is 0 Å². The highest BCUT2D eigenvalue weighted by atomic mass is 32.2. The van der Waals surface area contributed by atoms with Gasteiger partial charge in [-0.05, 0) is 37.9 Å². The van der Waals surface area contributed by atoms with Crippen LogP contribution in [0.2, 0.25) is 0 Å². The highest BCUT2D eigenvalue weighted by Crippen LogP contribution is 2.27. The molecular formula is C21H31N3O2S. The Morgan fingerprint density at radius 1 is 1.04 bits per heavy atom. The van der Waals surface area contributed by atoms with Gasteiger partial charge >= 0.3 is 0 Å². The lowest BCUT2D eigenvalue weighted by atomic mass is 9.94. The summed E-state index contributed by atoms with van der Waals surface area (Å²) in [5.41, 5.74) is 0.699. The summed E-state index contributed by atoms with van der Waals surface area (Å²) in [6, 6.07) is 8.28. The zero-order chi connectivity index (χ0) is 19.2. The molecule has 1 aromatic carbocycles. The maximum Gasteiger partial charge on any atom is 0.255 e. The van der Waals surface area contributed by atoms with Crippen molar-refractivity contribution in [3.63, 3.8) is 0 Å². The molecule has 1 atom stereocenters. The number of benzene rings is 1. The Morgan fingerprint density at radius 3 is 2.48 bits per heavy atom. The second-order valence-corrected chi connectivity index (χ2v) is 8.66. The second kappa shape index (κ2) is 9.60. The van der Waals surface area contributed by atoms with Crippen molar-refractivity contribution in [2.75, 3.05) is 32.9 Å². The van der Waals surface area contributed by atoms with Gasteiger partial charge in [0.05, 0.1) is 11.3 Å². The van der Waals surface area contributed by atoms with Crippen LogP contribution in [0.1, 0.15) is 48.9 Å². The van der Waals surface area contributed by atoms with Gasteiger partial charge in [-0.15, -0.1) is 11.8 Å². The summed E-state index contributed by atoms with van der Waals surface area (Å²) in [5, 5.41) is 3.31. The Bertz CT molecular complexity index is 655. The van der Waals surface area contributed by atoms with Crippen molar-refractivity contribution in [1.29, 1.82) is 0 Å². The van der Waals surface area contributed by atoms with E-state index in [2.05, 4.69) is 5.32 Å². The van der Waals surface area contributed by atoms with Crippen LogP contribution in [0.3, 0.4) is 0 Å². The summed E-state index contributed by atoms with van der Waals surface area (Å²) >= 11 is 1.48. The number of nitrogens with zero attached hydrogens (tertiary/aromatic N) is 2. The van der Waals surface area contributed by atoms with Crippen LogP contribution in [0.5, 0.6) is 0 Å². The minimum atomic E-state index is 0.0416. The van der Waals surface area contributed by atoms with E-state index in [4.69, 9.17) is 0 Å². The van der Waals surface area contributed by atoms with Gasteiger partial charge in [0, 0.05) is 37.6 Å². The van der Waals surface area contributed by atoms with E-state index in [1.807, 2.05) is 48.2 Å². The summed E-state index contributed by atoms with van der Waals surface area (Å²) < 4.78 is 0. The smallest absolute Gasteiger partial charge is 0.255 e. The predicted octanol–water partition coefficient (Wildman–Crippen LogP) is 3.00. The van der Waals surface area contributed by atoms with Crippen LogP contribution >= 0.6 is 11.8 Å². The SMILES string of the molecule is CN(C(=O)CSc1ccccc1C(=O)N(C)C1CCNC1)C1CCCCC1. The van der Waals surface area contributed by atoms with E-state index in [9.17, 15) is 9.59 Å². The van der Waals surface area contributed by atoms with E-state index in [-0.39, 0.29) is 17.9 Å². The zero-order valence-electron chi connectivity index (χ0n) is 16.4. The van der Waals surface area contributed by atoms with Crippen LogP contribution in [0.15, 0.2) is 29.2 Å². The Hall–Kier alpha value is -1.53. The van der Waals surface area contributed by atoms with Gasteiger partial charge in [0.25, 0.3) is 5.91 Å². The maximum absolute atomic E-state index is 13.0. The second-order valence-electron chi connectivity index (χ2n) is 7.64. The van der Waals surface area contributed by atoms with Crippen LogP contribution in [-0.4, -0.2) is 66.6 Å². The number of carbonyl (C=O) groups excluding carboxylic acids is 2. The molecule has 1 unspecified atom stereocenters. The third-order valence-electron chi connectivity index (χ3n) is 5.89. The molecule has 2 aliphatic rings. The van der Waals surface area contributed by atoms with E-state index in [1.165, 1.54) is 31.0 Å². The van der Waals surface area contributed by atoms with E-state index in [1.54, 1.807) is 0 Å². The quantitative estimate of drug-likeness (QED) is 0.760. The van der Waals surface area contributed by atoms with E-state index in [0.717, 1.165) is 37.2 Å². The molecule has 0 aromatic heterocycles. The lowest BCUT2D eigenvalue weighted by Gasteiger charge is -2.31. The lowest BCUT2D eigenvalue weighted by Crippen LogP contribution is -2.39. The third-order valence-corrected chi connectivity index (χ3v) is 6.95. The number of thioether (sulfide) groups is 1. The molecule has 2 amide bonds. The average Bonchev–Trinajstić information content (AvgIpc) is 3.26. The fraction of sp³-hybridized carbons (Fsp3) is 0.619. The van der Waals surface area contributed by atoms with Crippen molar-refractivity contribution in [2.24, 2.45) is 0 Å². The lowest BCUT2D eigenvalue weighted by molar-refractivity contribution is -0.129. The van der Waals surface area contributed by atoms with Crippen molar-refractivity contribution in [1.82, 2.24) is 15.1 Å². The first kappa shape index (κ1) is 20.2. The van der Waals surface area contributed by atoms with Crippen LogP contribution in [0, 0.1) is 0 Å². The Balaban J connectivity index is 1.61. The summed E-state index contributed by atoms with van der Waals surface area (Å²) in [5.74, 6) is 0.578. The number of rotatable bonds is 6. The molecule has 1 saturated carbocycles. The molecule has 0 spiro atoms. The molecule has 1 N–H and O–H groups in total. The van der Waals surface area contributed by atoms with Gasteiger partial charge in [0.2, 0.25) is 5.91 Å². The number of hydrogen-bond donors (Lipinski definition) is 1. The molecule has 1 aromatic rings. The van der Waals surface area contributed by atoms with Crippen molar-refractivity contribution in [2.45, 2.75) is 55.5 Å². The van der Waals surface area contributed by atoms with Crippen LogP contribution in [-0.2, 0) is 4.79 Å². The number of carbonyl (C=O) groups is 2. The molecule has 1 saturated heterocycles. The number of amides is 2. The molecule has 1 aliphatic heterocycles. The van der Waals surface area contributed by atoms with Crippen LogP contribution in [0.25, 0.3) is 0 Å². The van der Waals surface area contributed by atoms with Gasteiger partial charge in [-0.2, -0.15) is 0 Å². The minimum absolute atomic E-state index is 0.0416. The molecule has 5 nitrogen and oxygen atoms in total. The molecule has 2 fully saturated rings. The number of nitrogens with one attached hydrogen (secondary N) is 1. The van der Waals surface area contributed by atoms with Gasteiger partial charge in [-0.1, -0.05) is 31.4 Å². The fourth-order valence-corrected chi connectivity index (χ4v) is 4.98. The van der Waals surface area contributed by atoms with E-state index in [0.29, 0.717) is 17.4 Å². The maximum atomic E-state index is 13.0. The molecule has 1 heterocycles. The number of hydrogen-bond acceptors (Lipinski definition) is 4. The first-order valence-electron chi connectivity index (χ1n) is 10.0. The molecular weight excluding hydrogens is 358 g/mol. The molecule has 1 aliphatic carbocycles. The highest BCUT2D eigenvalue weighted by molar-refractivity contribution is 8.00. The highest BCUT2D eigenvalue weighted by Gasteiger charge is 2.26. The van der Waals surface area contributed by atoms with Crippen molar-refractivity contribution >= 4 is 23.6 Å². The normalized spacial score (nSPS) is 20.4. The fourth-order valence-electron chi connectivity index (χ4n) is 4.01. The van der Waals surface area contributed by atoms with Gasteiger partial charge in [-0.3, -0.25) is 9.59 Å². The Labute approximate surface area is 166 Å². The van der Waals surface area contributed by atoms with Crippen molar-refractivity contribution in [3.8, 4) is 0 Å². The summed E-state index contributed by atoms with van der Waals surface area (Å²) in [6.07, 6.45) is 6.93. The molecule has 148 valence electrons. The van der Waals surface area contributed by atoms with Crippen LogP contribution < -0.4 is 5.32 Å². The van der Waals surface area contributed by atoms with Gasteiger partial charge in [-0.25, -0.2) is 0 Å². The minimum Gasteiger partial charge on any atom is -0.342 e. The van der Waals surface area contributed by atoms with Gasteiger partial charge < -0.3 is 15.1 Å². The van der Waals surface area contributed by atoms with E-state index < -0.39 is 0 Å². The Kier molecular flexibility index (Phi) is 7.19. The molecule has 3 rings (SSSR count). The third kappa shape index (κ3) is 5.05. The molecule has 27 heavy (non-hydrogen) atoms. The monoisotopic (exact) mass is 389 g/mol. The topological polar surface area (TPSA) is 52.7 Å². The van der Waals surface area contributed by atoms with Crippen molar-refractivity contribution in [3.05, 3.63) is 29.8 Å². The number of likely N-dealkylation sites (N-methyl/N-ethyl adjacent to an activating group) is 1. The first-order valence-corrected chi connectivity index (χ1v) is 11.0. The van der Waals surface area contributed by atoms with Crippen molar-refractivity contribution < 1.29 is 9.59 Å². The molecule has 6 heteroatoms. The van der Waals surface area contributed by atoms with E-state index >= 15 is 0 Å². The Morgan fingerprint density at radius 2 is 1.78 bits per heavy atom. The van der Waals surface area contributed by atoms with Crippen LogP contribution in [0.4, 0.5) is 0 Å². The summed E-state index contributed by atoms with van der Waals surface area (Å²) in [4.78, 5) is 30.3. The summed E-state index contributed by atoms with van der Waals surface area (Å²) in [7, 11) is 3.81. The zero-order valence-corrected chi connectivity index (χ0v) is 17.3. The molecule has 0 bridgehead atoms. The largest absolute Gasteiger partial charge is 0.342 e. The standard InChI is InChI=1S/C21H31N3O2S/c1-23(16-8-4-3-5-9-16)20(25)15-27-19-11-7-6-10-18(19)21(26)24(2)17-12-13-22-14-17/h6-7,10-11,16-17,22H,3-5,8-9,12-15H2,1-2H3. The average molecular weight is 390 g/mol.